The first kappa shape index (κ1) is 11.9. The van der Waals surface area contributed by atoms with Crippen LogP contribution in [0.5, 0.6) is 0 Å². The molecule has 1 aromatic rings. The topological polar surface area (TPSA) is 72.5 Å². The zero-order chi connectivity index (χ0) is 12.1. The van der Waals surface area contributed by atoms with Crippen LogP contribution in [-0.4, -0.2) is 24.8 Å². The molecule has 1 rings (SSSR count). The summed E-state index contributed by atoms with van der Waals surface area (Å²) in [5, 5.41) is 2.32. The van der Waals surface area contributed by atoms with Gasteiger partial charge in [-0.2, -0.15) is 0 Å². The molecule has 0 fully saturated rings. The number of benzene rings is 1. The molecule has 5 heteroatoms. The molecular formula is C11H11NO4. The van der Waals surface area contributed by atoms with Gasteiger partial charge in [0, 0.05) is 11.3 Å². The molecule has 5 nitrogen and oxygen atoms in total. The van der Waals surface area contributed by atoms with Crippen LogP contribution in [0.3, 0.4) is 0 Å². The second-order valence-corrected chi connectivity index (χ2v) is 3.08. The third-order valence-electron chi connectivity index (χ3n) is 1.90. The minimum absolute atomic E-state index is 0.117. The number of esters is 1. The second kappa shape index (κ2) is 5.06. The van der Waals surface area contributed by atoms with E-state index in [1.807, 2.05) is 0 Å². The predicted molar refractivity (Wildman–Crippen MR) is 57.1 cm³/mol. The standard InChI is InChI=1S/C11H11NO4/c1-7(13)8-4-3-5-9(6-8)12-10(14)11(15)16-2/h3-6H,1-2H3,(H,12,14). The molecular weight excluding hydrogens is 210 g/mol. The van der Waals surface area contributed by atoms with Crippen molar-refractivity contribution in [3.63, 3.8) is 0 Å². The van der Waals surface area contributed by atoms with Gasteiger partial charge in [0.15, 0.2) is 5.78 Å². The molecule has 84 valence electrons. The lowest BCUT2D eigenvalue weighted by molar-refractivity contribution is -0.150. The molecule has 0 saturated carbocycles. The summed E-state index contributed by atoms with van der Waals surface area (Å²) in [4.78, 5) is 33.1. The zero-order valence-corrected chi connectivity index (χ0v) is 8.94. The van der Waals surface area contributed by atoms with E-state index in [2.05, 4.69) is 10.1 Å². The third-order valence-corrected chi connectivity index (χ3v) is 1.90. The number of rotatable bonds is 2. The van der Waals surface area contributed by atoms with Gasteiger partial charge in [0.2, 0.25) is 0 Å². The van der Waals surface area contributed by atoms with E-state index in [9.17, 15) is 14.4 Å². The van der Waals surface area contributed by atoms with Crippen molar-refractivity contribution in [2.45, 2.75) is 6.92 Å². The van der Waals surface area contributed by atoms with Gasteiger partial charge in [-0.15, -0.1) is 0 Å². The summed E-state index contributed by atoms with van der Waals surface area (Å²) in [7, 11) is 1.12. The number of anilines is 1. The highest BCUT2D eigenvalue weighted by Crippen LogP contribution is 2.11. The number of carbonyl (C=O) groups is 3. The molecule has 0 bridgehead atoms. The Bertz CT molecular complexity index is 439. The van der Waals surface area contributed by atoms with Crippen LogP contribution in [0, 0.1) is 0 Å². The summed E-state index contributed by atoms with van der Waals surface area (Å²) in [5.74, 6) is -1.97. The highest BCUT2D eigenvalue weighted by atomic mass is 16.5. The number of nitrogens with one attached hydrogen (secondary N) is 1. The molecule has 1 aromatic carbocycles. The number of ether oxygens (including phenoxy) is 1. The van der Waals surface area contributed by atoms with Gasteiger partial charge in [-0.3, -0.25) is 9.59 Å². The third kappa shape index (κ3) is 2.91. The number of ketones is 1. The van der Waals surface area contributed by atoms with Crippen molar-refractivity contribution < 1.29 is 19.1 Å². The lowest BCUT2D eigenvalue weighted by atomic mass is 10.1. The fourth-order valence-corrected chi connectivity index (χ4v) is 1.09. The quantitative estimate of drug-likeness (QED) is 0.459. The van der Waals surface area contributed by atoms with Gasteiger partial charge >= 0.3 is 11.9 Å². The molecule has 16 heavy (non-hydrogen) atoms. The average molecular weight is 221 g/mol. The fraction of sp³-hybridized carbons (Fsp3) is 0.182. The monoisotopic (exact) mass is 221 g/mol. The molecule has 0 aliphatic heterocycles. The number of amides is 1. The molecule has 0 atom stereocenters. The van der Waals surface area contributed by atoms with Crippen molar-refractivity contribution in [1.29, 1.82) is 0 Å². The molecule has 0 aromatic heterocycles. The lowest BCUT2D eigenvalue weighted by Gasteiger charge is -2.04. The van der Waals surface area contributed by atoms with Crippen molar-refractivity contribution in [1.82, 2.24) is 0 Å². The van der Waals surface area contributed by atoms with Crippen LogP contribution in [0.1, 0.15) is 17.3 Å². The maximum Gasteiger partial charge on any atom is 0.396 e. The van der Waals surface area contributed by atoms with Crippen LogP contribution < -0.4 is 5.32 Å². The van der Waals surface area contributed by atoms with Crippen LogP contribution in [0.15, 0.2) is 24.3 Å². The lowest BCUT2D eigenvalue weighted by Crippen LogP contribution is -2.23. The van der Waals surface area contributed by atoms with E-state index >= 15 is 0 Å². The van der Waals surface area contributed by atoms with E-state index in [1.54, 1.807) is 18.2 Å². The maximum absolute atomic E-state index is 11.2. The summed E-state index contributed by atoms with van der Waals surface area (Å²) < 4.78 is 4.24. The van der Waals surface area contributed by atoms with Crippen LogP contribution in [0.4, 0.5) is 5.69 Å². The van der Waals surface area contributed by atoms with Gasteiger partial charge in [0.05, 0.1) is 7.11 Å². The Balaban J connectivity index is 2.82. The van der Waals surface area contributed by atoms with Crippen LogP contribution in [0.2, 0.25) is 0 Å². The molecule has 0 unspecified atom stereocenters. The first-order valence-electron chi connectivity index (χ1n) is 4.55. The molecule has 0 spiro atoms. The highest BCUT2D eigenvalue weighted by molar-refractivity contribution is 6.37. The van der Waals surface area contributed by atoms with E-state index in [0.717, 1.165) is 7.11 Å². The summed E-state index contributed by atoms with van der Waals surface area (Å²) in [5.41, 5.74) is 0.839. The summed E-state index contributed by atoms with van der Waals surface area (Å²) in [6.07, 6.45) is 0. The van der Waals surface area contributed by atoms with Crippen LogP contribution in [-0.2, 0) is 14.3 Å². The van der Waals surface area contributed by atoms with Crippen molar-refractivity contribution >= 4 is 23.3 Å². The smallest absolute Gasteiger partial charge is 0.396 e. The number of hydrogen-bond donors (Lipinski definition) is 1. The first-order valence-corrected chi connectivity index (χ1v) is 4.55. The maximum atomic E-state index is 11.2. The van der Waals surface area contributed by atoms with E-state index < -0.39 is 11.9 Å². The normalized spacial score (nSPS) is 9.38. The summed E-state index contributed by atoms with van der Waals surface area (Å²) >= 11 is 0. The number of carbonyl (C=O) groups excluding carboxylic acids is 3. The summed E-state index contributed by atoms with van der Waals surface area (Å²) in [6.45, 7) is 1.42. The molecule has 0 aliphatic carbocycles. The minimum atomic E-state index is -0.978. The Kier molecular flexibility index (Phi) is 3.77. The van der Waals surface area contributed by atoms with Gasteiger partial charge in [-0.25, -0.2) is 4.79 Å². The fourth-order valence-electron chi connectivity index (χ4n) is 1.09. The molecule has 0 saturated heterocycles. The number of methoxy groups -OCH3 is 1. The highest BCUT2D eigenvalue weighted by Gasteiger charge is 2.13. The minimum Gasteiger partial charge on any atom is -0.462 e. The van der Waals surface area contributed by atoms with Crippen molar-refractivity contribution in [3.8, 4) is 0 Å². The van der Waals surface area contributed by atoms with E-state index in [-0.39, 0.29) is 5.78 Å². The molecule has 1 amide bonds. The molecule has 0 radical (unpaired) electrons. The Morgan fingerprint density at radius 2 is 1.94 bits per heavy atom. The Labute approximate surface area is 92.4 Å². The van der Waals surface area contributed by atoms with Crippen molar-refractivity contribution in [3.05, 3.63) is 29.8 Å². The van der Waals surface area contributed by atoms with Crippen LogP contribution in [0.25, 0.3) is 0 Å². The van der Waals surface area contributed by atoms with Crippen molar-refractivity contribution in [2.75, 3.05) is 12.4 Å². The van der Waals surface area contributed by atoms with Gasteiger partial charge in [0.1, 0.15) is 0 Å². The summed E-state index contributed by atoms with van der Waals surface area (Å²) in [6, 6.07) is 6.30. The van der Waals surface area contributed by atoms with Gasteiger partial charge in [0.25, 0.3) is 0 Å². The van der Waals surface area contributed by atoms with Gasteiger partial charge in [-0.1, -0.05) is 12.1 Å². The largest absolute Gasteiger partial charge is 0.462 e. The zero-order valence-electron chi connectivity index (χ0n) is 8.94. The van der Waals surface area contributed by atoms with Gasteiger partial charge in [-0.05, 0) is 19.1 Å². The molecule has 0 aliphatic rings. The average Bonchev–Trinajstić information content (AvgIpc) is 2.28. The predicted octanol–water partition coefficient (Wildman–Crippen LogP) is 1.00. The van der Waals surface area contributed by atoms with Crippen LogP contribution >= 0.6 is 0 Å². The Morgan fingerprint density at radius 1 is 1.25 bits per heavy atom. The second-order valence-electron chi connectivity index (χ2n) is 3.08. The SMILES string of the molecule is COC(=O)C(=O)Nc1cccc(C(C)=O)c1. The molecule has 1 N–H and O–H groups in total. The van der Waals surface area contributed by atoms with Crippen molar-refractivity contribution in [2.24, 2.45) is 0 Å². The Hall–Kier alpha value is -2.17. The van der Waals surface area contributed by atoms with E-state index in [1.165, 1.54) is 13.0 Å². The Morgan fingerprint density at radius 3 is 2.50 bits per heavy atom. The van der Waals surface area contributed by atoms with E-state index in [0.29, 0.717) is 11.3 Å². The number of hydrogen-bond acceptors (Lipinski definition) is 4. The first-order chi connectivity index (χ1) is 7.54. The number of Topliss-reactive ketones (excluding diaryl/α,β-unsaturated/α-hetero) is 1. The molecule has 0 heterocycles. The van der Waals surface area contributed by atoms with E-state index in [4.69, 9.17) is 0 Å². The van der Waals surface area contributed by atoms with Gasteiger partial charge < -0.3 is 10.1 Å².